The predicted octanol–water partition coefficient (Wildman–Crippen LogP) is 3.61. The second kappa shape index (κ2) is 7.04. The van der Waals surface area contributed by atoms with Crippen LogP contribution in [-0.2, 0) is 6.18 Å². The van der Waals surface area contributed by atoms with E-state index in [1.807, 2.05) is 6.07 Å². The van der Waals surface area contributed by atoms with Gasteiger partial charge in [-0.15, -0.1) is 0 Å². The maximum atomic E-state index is 13.1. The van der Waals surface area contributed by atoms with Gasteiger partial charge < -0.3 is 4.98 Å². The van der Waals surface area contributed by atoms with Crippen LogP contribution < -0.4 is 5.69 Å². The number of aromatic nitrogens is 5. The Morgan fingerprint density at radius 1 is 1.10 bits per heavy atom. The van der Waals surface area contributed by atoms with E-state index < -0.39 is 17.4 Å². The normalized spacial score (nSPS) is 11.4. The predicted molar refractivity (Wildman–Crippen MR) is 101 cm³/mol. The van der Waals surface area contributed by atoms with E-state index in [1.54, 1.807) is 31.2 Å². The van der Waals surface area contributed by atoms with Gasteiger partial charge in [-0.1, -0.05) is 6.07 Å². The van der Waals surface area contributed by atoms with Gasteiger partial charge in [-0.05, 0) is 49.4 Å². The third kappa shape index (κ3) is 3.26. The second-order valence-corrected chi connectivity index (χ2v) is 6.43. The van der Waals surface area contributed by atoms with Crippen LogP contribution in [0.1, 0.15) is 16.8 Å². The van der Waals surface area contributed by atoms with Gasteiger partial charge in [0.1, 0.15) is 12.0 Å². The zero-order valence-electron chi connectivity index (χ0n) is 15.5. The van der Waals surface area contributed by atoms with Gasteiger partial charge in [-0.25, -0.2) is 14.5 Å². The molecule has 0 unspecified atom stereocenters. The summed E-state index contributed by atoms with van der Waals surface area (Å²) in [5.74, 6) is 0.306. The van der Waals surface area contributed by atoms with Crippen LogP contribution in [0.2, 0.25) is 0 Å². The van der Waals surface area contributed by atoms with Crippen molar-refractivity contribution in [3.8, 4) is 29.0 Å². The Hall–Kier alpha value is -4.13. The maximum absolute atomic E-state index is 13.1. The molecule has 0 aliphatic carbocycles. The number of H-pyrrole nitrogens is 1. The van der Waals surface area contributed by atoms with Gasteiger partial charge in [-0.2, -0.15) is 23.5 Å². The van der Waals surface area contributed by atoms with Crippen LogP contribution in [0.15, 0.2) is 59.7 Å². The lowest BCUT2D eigenvalue weighted by atomic mass is 10.2. The lowest BCUT2D eigenvalue weighted by Gasteiger charge is -2.10. The lowest BCUT2D eigenvalue weighted by molar-refractivity contribution is -0.137. The number of nitrogens with zero attached hydrogens (tertiary/aromatic N) is 5. The van der Waals surface area contributed by atoms with Crippen molar-refractivity contribution < 1.29 is 13.2 Å². The van der Waals surface area contributed by atoms with E-state index in [1.165, 1.54) is 23.1 Å². The van der Waals surface area contributed by atoms with Crippen molar-refractivity contribution in [2.75, 3.05) is 0 Å². The molecule has 0 saturated carbocycles. The van der Waals surface area contributed by atoms with Crippen LogP contribution >= 0.6 is 0 Å². The Morgan fingerprint density at radius 3 is 2.50 bits per heavy atom. The topological polar surface area (TPSA) is 92.3 Å². The van der Waals surface area contributed by atoms with E-state index in [4.69, 9.17) is 5.26 Å². The van der Waals surface area contributed by atoms with Crippen LogP contribution in [0.4, 0.5) is 13.2 Å². The number of nitrogens with one attached hydrogen (secondary N) is 1. The Kier molecular flexibility index (Phi) is 4.50. The van der Waals surface area contributed by atoms with E-state index in [-0.39, 0.29) is 5.69 Å². The largest absolute Gasteiger partial charge is 0.416 e. The number of halogens is 3. The molecule has 7 nitrogen and oxygen atoms in total. The highest BCUT2D eigenvalue weighted by Crippen LogP contribution is 2.31. The van der Waals surface area contributed by atoms with Gasteiger partial charge in [0.15, 0.2) is 5.82 Å². The molecule has 0 aliphatic rings. The summed E-state index contributed by atoms with van der Waals surface area (Å²) < 4.78 is 41.8. The number of benzene rings is 2. The SMILES string of the molecule is Cc1c(-c2ncnn2-c2ccc(C#N)cc2)[nH]c(=O)n1-c1cccc(C(F)(F)F)c1. The van der Waals surface area contributed by atoms with Gasteiger partial charge in [0.2, 0.25) is 0 Å². The number of hydrogen-bond acceptors (Lipinski definition) is 4. The van der Waals surface area contributed by atoms with Crippen molar-refractivity contribution in [3.05, 3.63) is 82.2 Å². The molecule has 2 heterocycles. The molecule has 0 spiro atoms. The Labute approximate surface area is 167 Å². The fraction of sp³-hybridized carbons (Fsp3) is 0.100. The van der Waals surface area contributed by atoms with E-state index in [9.17, 15) is 18.0 Å². The Balaban J connectivity index is 1.82. The molecule has 4 aromatic rings. The molecular weight excluding hydrogens is 397 g/mol. The fourth-order valence-corrected chi connectivity index (χ4v) is 3.15. The van der Waals surface area contributed by atoms with Gasteiger partial charge >= 0.3 is 11.9 Å². The van der Waals surface area contributed by atoms with E-state index in [0.29, 0.717) is 28.5 Å². The van der Waals surface area contributed by atoms with Crippen molar-refractivity contribution in [1.29, 1.82) is 5.26 Å². The highest BCUT2D eigenvalue weighted by Gasteiger charge is 2.31. The summed E-state index contributed by atoms with van der Waals surface area (Å²) >= 11 is 0. The van der Waals surface area contributed by atoms with Gasteiger partial charge in [0, 0.05) is 0 Å². The Bertz CT molecular complexity index is 1320. The van der Waals surface area contributed by atoms with Crippen molar-refractivity contribution in [1.82, 2.24) is 24.3 Å². The number of alkyl halides is 3. The first kappa shape index (κ1) is 19.2. The molecule has 0 radical (unpaired) electrons. The summed E-state index contributed by atoms with van der Waals surface area (Å²) in [5.41, 5.74) is 0.404. The van der Waals surface area contributed by atoms with Crippen LogP contribution in [-0.4, -0.2) is 24.3 Å². The monoisotopic (exact) mass is 410 g/mol. The zero-order chi connectivity index (χ0) is 21.5. The molecule has 2 aromatic heterocycles. The van der Waals surface area contributed by atoms with Crippen LogP contribution in [0, 0.1) is 18.3 Å². The number of nitriles is 1. The minimum Gasteiger partial charge on any atom is -0.302 e. The maximum Gasteiger partial charge on any atom is 0.416 e. The molecule has 0 bridgehead atoms. The molecule has 0 atom stereocenters. The quantitative estimate of drug-likeness (QED) is 0.559. The van der Waals surface area contributed by atoms with Gasteiger partial charge in [-0.3, -0.25) is 4.57 Å². The number of hydrogen-bond donors (Lipinski definition) is 1. The summed E-state index contributed by atoms with van der Waals surface area (Å²) in [6.45, 7) is 1.60. The third-order valence-electron chi connectivity index (χ3n) is 4.58. The molecule has 0 aliphatic heterocycles. The molecule has 150 valence electrons. The van der Waals surface area contributed by atoms with Gasteiger partial charge in [0.05, 0.1) is 34.3 Å². The lowest BCUT2D eigenvalue weighted by Crippen LogP contribution is -2.16. The van der Waals surface area contributed by atoms with Crippen LogP contribution in [0.3, 0.4) is 0 Å². The van der Waals surface area contributed by atoms with Gasteiger partial charge in [0.25, 0.3) is 0 Å². The van der Waals surface area contributed by atoms with Crippen LogP contribution in [0.25, 0.3) is 22.9 Å². The van der Waals surface area contributed by atoms with E-state index >= 15 is 0 Å². The minimum atomic E-state index is -4.53. The van der Waals surface area contributed by atoms with Crippen molar-refractivity contribution >= 4 is 0 Å². The molecule has 30 heavy (non-hydrogen) atoms. The molecular formula is C20H13F3N6O. The summed E-state index contributed by atoms with van der Waals surface area (Å²) in [4.78, 5) is 19.4. The molecule has 1 N–H and O–H groups in total. The molecule has 0 saturated heterocycles. The standard InChI is InChI=1S/C20H13F3N6O/c1-12-17(18-25-11-26-29(18)15-7-5-13(10-24)6-8-15)27-19(30)28(12)16-4-2-3-14(9-16)20(21,22)23/h2-9,11H,1H3,(H,27,30). The number of aromatic amines is 1. The van der Waals surface area contributed by atoms with Crippen molar-refractivity contribution in [2.45, 2.75) is 13.1 Å². The first-order chi connectivity index (χ1) is 14.3. The summed E-state index contributed by atoms with van der Waals surface area (Å²) in [6, 6.07) is 13.1. The Morgan fingerprint density at radius 2 is 1.83 bits per heavy atom. The minimum absolute atomic E-state index is 0.0827. The molecule has 0 fully saturated rings. The summed E-state index contributed by atoms with van der Waals surface area (Å²) in [5, 5.41) is 13.1. The average Bonchev–Trinajstić information content (AvgIpc) is 3.31. The highest BCUT2D eigenvalue weighted by atomic mass is 19.4. The molecule has 0 amide bonds. The average molecular weight is 410 g/mol. The van der Waals surface area contributed by atoms with E-state index in [2.05, 4.69) is 15.1 Å². The van der Waals surface area contributed by atoms with Crippen molar-refractivity contribution in [2.24, 2.45) is 0 Å². The summed E-state index contributed by atoms with van der Waals surface area (Å²) in [6.07, 6.45) is -3.23. The van der Waals surface area contributed by atoms with Crippen LogP contribution in [0.5, 0.6) is 0 Å². The smallest absolute Gasteiger partial charge is 0.302 e. The molecule has 10 heteroatoms. The molecule has 2 aromatic carbocycles. The fourth-order valence-electron chi connectivity index (χ4n) is 3.15. The first-order valence-electron chi connectivity index (χ1n) is 8.70. The highest BCUT2D eigenvalue weighted by molar-refractivity contribution is 5.58. The van der Waals surface area contributed by atoms with E-state index in [0.717, 1.165) is 16.7 Å². The second-order valence-electron chi connectivity index (χ2n) is 6.43. The van der Waals surface area contributed by atoms with Crippen molar-refractivity contribution in [3.63, 3.8) is 0 Å². The first-order valence-corrected chi connectivity index (χ1v) is 8.70. The summed E-state index contributed by atoms with van der Waals surface area (Å²) in [7, 11) is 0. The number of imidazole rings is 1. The molecule has 4 rings (SSSR count). The zero-order valence-corrected chi connectivity index (χ0v) is 15.5. The third-order valence-corrected chi connectivity index (χ3v) is 4.58. The number of rotatable bonds is 3.